The number of imidazole rings is 1. The topological polar surface area (TPSA) is 29.9 Å². The van der Waals surface area contributed by atoms with Gasteiger partial charge in [0.25, 0.3) is 0 Å². The first-order chi connectivity index (χ1) is 16.1. The van der Waals surface area contributed by atoms with Crippen LogP contribution in [-0.4, -0.2) is 9.55 Å². The molecule has 1 heterocycles. The van der Waals surface area contributed by atoms with E-state index in [4.69, 9.17) is 11.6 Å². The van der Waals surface area contributed by atoms with E-state index in [0.717, 1.165) is 30.4 Å². The van der Waals surface area contributed by atoms with Crippen LogP contribution in [0.2, 0.25) is 5.02 Å². The van der Waals surface area contributed by atoms with Crippen molar-refractivity contribution in [1.82, 2.24) is 14.9 Å². The largest absolute Gasteiger partial charge is 0.324 e. The molecule has 0 radical (unpaired) electrons. The van der Waals surface area contributed by atoms with Gasteiger partial charge < -0.3 is 4.57 Å². The molecule has 0 aliphatic carbocycles. The van der Waals surface area contributed by atoms with Gasteiger partial charge in [-0.3, -0.25) is 5.32 Å². The standard InChI is InChI=1S/C28H29ClFN3/c1-2-3-9-22-10-7-8-13-26(22)28(24-11-5-4-6-12-24,32-21-33-17-16-31-20-33)19-23-14-15-25(30)18-27(23)29/h4-8,10-18,20,32H,2-3,9,19,21H2,1H3. The summed E-state index contributed by atoms with van der Waals surface area (Å²) in [5, 5.41) is 4.28. The molecule has 0 saturated carbocycles. The third-order valence-corrected chi connectivity index (χ3v) is 6.49. The Morgan fingerprint density at radius 2 is 1.79 bits per heavy atom. The first-order valence-electron chi connectivity index (χ1n) is 11.4. The molecule has 4 aromatic rings. The third kappa shape index (κ3) is 5.35. The molecular weight excluding hydrogens is 433 g/mol. The van der Waals surface area contributed by atoms with Crippen LogP contribution < -0.4 is 5.32 Å². The van der Waals surface area contributed by atoms with Gasteiger partial charge in [-0.05, 0) is 47.2 Å². The Kier molecular flexibility index (Phi) is 7.58. The molecule has 0 fully saturated rings. The summed E-state index contributed by atoms with van der Waals surface area (Å²) in [7, 11) is 0. The van der Waals surface area contributed by atoms with E-state index >= 15 is 0 Å². The van der Waals surface area contributed by atoms with E-state index in [0.29, 0.717) is 18.1 Å². The number of benzene rings is 3. The highest BCUT2D eigenvalue weighted by Crippen LogP contribution is 2.38. The van der Waals surface area contributed by atoms with Crippen LogP contribution >= 0.6 is 11.6 Å². The van der Waals surface area contributed by atoms with E-state index in [1.165, 1.54) is 23.3 Å². The molecule has 3 aromatic carbocycles. The summed E-state index contributed by atoms with van der Waals surface area (Å²) >= 11 is 6.55. The van der Waals surface area contributed by atoms with Crippen LogP contribution in [0.5, 0.6) is 0 Å². The summed E-state index contributed by atoms with van der Waals surface area (Å²) in [6, 6.07) is 23.7. The van der Waals surface area contributed by atoms with Crippen LogP contribution in [0.4, 0.5) is 4.39 Å². The lowest BCUT2D eigenvalue weighted by Crippen LogP contribution is -2.46. The second kappa shape index (κ2) is 10.8. The lowest BCUT2D eigenvalue weighted by Gasteiger charge is -2.38. The van der Waals surface area contributed by atoms with Gasteiger partial charge in [0.2, 0.25) is 0 Å². The van der Waals surface area contributed by atoms with Gasteiger partial charge in [0.1, 0.15) is 5.82 Å². The highest BCUT2D eigenvalue weighted by Gasteiger charge is 2.36. The zero-order chi connectivity index (χ0) is 23.1. The van der Waals surface area contributed by atoms with E-state index in [-0.39, 0.29) is 5.82 Å². The van der Waals surface area contributed by atoms with Crippen LogP contribution in [0.1, 0.15) is 42.0 Å². The van der Waals surface area contributed by atoms with Crippen molar-refractivity contribution >= 4 is 11.6 Å². The van der Waals surface area contributed by atoms with E-state index in [9.17, 15) is 4.39 Å². The number of hydrogen-bond acceptors (Lipinski definition) is 2. The highest BCUT2D eigenvalue weighted by atomic mass is 35.5. The maximum absolute atomic E-state index is 13.9. The van der Waals surface area contributed by atoms with Crippen molar-refractivity contribution in [2.75, 3.05) is 0 Å². The molecule has 0 amide bonds. The SMILES string of the molecule is CCCCc1ccccc1C(Cc1ccc(F)cc1Cl)(NCn1ccnc1)c1ccccc1. The Hall–Kier alpha value is -2.95. The van der Waals surface area contributed by atoms with Gasteiger partial charge in [0.05, 0.1) is 18.5 Å². The molecule has 1 N–H and O–H groups in total. The van der Waals surface area contributed by atoms with Gasteiger partial charge >= 0.3 is 0 Å². The number of nitrogens with one attached hydrogen (secondary N) is 1. The van der Waals surface area contributed by atoms with Crippen molar-refractivity contribution in [3.8, 4) is 0 Å². The Morgan fingerprint density at radius 1 is 1.00 bits per heavy atom. The van der Waals surface area contributed by atoms with Crippen molar-refractivity contribution in [2.24, 2.45) is 0 Å². The molecule has 0 aliphatic heterocycles. The first kappa shape index (κ1) is 23.2. The maximum Gasteiger partial charge on any atom is 0.124 e. The Morgan fingerprint density at radius 3 is 2.52 bits per heavy atom. The summed E-state index contributed by atoms with van der Waals surface area (Å²) in [5.74, 6) is -0.330. The predicted molar refractivity (Wildman–Crippen MR) is 133 cm³/mol. The lowest BCUT2D eigenvalue weighted by molar-refractivity contribution is 0.353. The van der Waals surface area contributed by atoms with Crippen LogP contribution in [-0.2, 0) is 25.0 Å². The molecule has 33 heavy (non-hydrogen) atoms. The van der Waals surface area contributed by atoms with Gasteiger partial charge in [-0.25, -0.2) is 9.37 Å². The smallest absolute Gasteiger partial charge is 0.124 e. The summed E-state index contributed by atoms with van der Waals surface area (Å²) in [6.07, 6.45) is 9.32. The molecule has 170 valence electrons. The predicted octanol–water partition coefficient (Wildman–Crippen LogP) is 6.75. The van der Waals surface area contributed by atoms with Crippen molar-refractivity contribution in [2.45, 2.75) is 44.8 Å². The van der Waals surface area contributed by atoms with Gasteiger partial charge in [-0.15, -0.1) is 0 Å². The Balaban J connectivity index is 1.89. The van der Waals surface area contributed by atoms with Crippen LogP contribution in [0.3, 0.4) is 0 Å². The number of aromatic nitrogens is 2. The van der Waals surface area contributed by atoms with Gasteiger partial charge in [0, 0.05) is 23.8 Å². The zero-order valence-electron chi connectivity index (χ0n) is 18.8. The fourth-order valence-electron chi connectivity index (χ4n) is 4.41. The minimum absolute atomic E-state index is 0.330. The fourth-order valence-corrected chi connectivity index (χ4v) is 4.65. The van der Waals surface area contributed by atoms with Crippen LogP contribution in [0.25, 0.3) is 0 Å². The van der Waals surface area contributed by atoms with Crippen molar-refractivity contribution in [3.05, 3.63) is 125 Å². The molecule has 0 saturated heterocycles. The molecule has 0 bridgehead atoms. The Labute approximate surface area is 200 Å². The van der Waals surface area contributed by atoms with E-state index in [1.807, 2.05) is 16.8 Å². The minimum atomic E-state index is -0.572. The summed E-state index contributed by atoms with van der Waals surface area (Å²) in [5.41, 5.74) is 3.97. The highest BCUT2D eigenvalue weighted by molar-refractivity contribution is 6.31. The van der Waals surface area contributed by atoms with E-state index < -0.39 is 5.54 Å². The van der Waals surface area contributed by atoms with Gasteiger partial charge in [-0.1, -0.05) is 85.6 Å². The fraction of sp³-hybridized carbons (Fsp3) is 0.250. The monoisotopic (exact) mass is 461 g/mol. The molecule has 5 heteroatoms. The molecule has 0 spiro atoms. The number of hydrogen-bond donors (Lipinski definition) is 1. The van der Waals surface area contributed by atoms with Gasteiger partial charge in [0.15, 0.2) is 0 Å². The molecule has 0 aliphatic rings. The van der Waals surface area contributed by atoms with E-state index in [2.05, 4.69) is 65.8 Å². The summed E-state index contributed by atoms with van der Waals surface area (Å²) < 4.78 is 15.9. The van der Waals surface area contributed by atoms with E-state index in [1.54, 1.807) is 18.6 Å². The molecule has 4 rings (SSSR count). The zero-order valence-corrected chi connectivity index (χ0v) is 19.6. The third-order valence-electron chi connectivity index (χ3n) is 6.14. The number of rotatable bonds is 10. The number of unbranched alkanes of at least 4 members (excludes halogenated alkanes) is 1. The molecule has 1 unspecified atom stereocenters. The maximum atomic E-state index is 13.9. The molecule has 1 aromatic heterocycles. The van der Waals surface area contributed by atoms with Crippen LogP contribution in [0.15, 0.2) is 91.5 Å². The van der Waals surface area contributed by atoms with Crippen molar-refractivity contribution in [1.29, 1.82) is 0 Å². The quantitative estimate of drug-likeness (QED) is 0.283. The molecular formula is C28H29ClFN3. The van der Waals surface area contributed by atoms with Crippen molar-refractivity contribution < 1.29 is 4.39 Å². The van der Waals surface area contributed by atoms with Crippen LogP contribution in [0, 0.1) is 5.82 Å². The second-order valence-electron chi connectivity index (χ2n) is 8.36. The number of halogens is 2. The number of nitrogens with zero attached hydrogens (tertiary/aromatic N) is 2. The average molecular weight is 462 g/mol. The van der Waals surface area contributed by atoms with Crippen molar-refractivity contribution in [3.63, 3.8) is 0 Å². The first-order valence-corrected chi connectivity index (χ1v) is 11.8. The normalized spacial score (nSPS) is 13.1. The minimum Gasteiger partial charge on any atom is -0.324 e. The Bertz CT molecular complexity index is 1160. The molecule has 1 atom stereocenters. The summed E-state index contributed by atoms with van der Waals surface area (Å²) in [6.45, 7) is 2.78. The average Bonchev–Trinajstić information content (AvgIpc) is 3.37. The molecule has 3 nitrogen and oxygen atoms in total. The van der Waals surface area contributed by atoms with Gasteiger partial charge in [-0.2, -0.15) is 0 Å². The second-order valence-corrected chi connectivity index (χ2v) is 8.76. The summed E-state index contributed by atoms with van der Waals surface area (Å²) in [4.78, 5) is 4.19. The lowest BCUT2D eigenvalue weighted by atomic mass is 9.75. The number of aryl methyl sites for hydroxylation is 1.